The van der Waals surface area contributed by atoms with Crippen molar-refractivity contribution in [2.75, 3.05) is 24.6 Å². The summed E-state index contributed by atoms with van der Waals surface area (Å²) < 4.78 is 34.1. The highest BCUT2D eigenvalue weighted by molar-refractivity contribution is 7.91. The Bertz CT molecular complexity index is 1490. The molecule has 2 aromatic carbocycles. The van der Waals surface area contributed by atoms with Crippen LogP contribution in [0.25, 0.3) is 0 Å². The molecule has 0 saturated heterocycles. The Morgan fingerprint density at radius 3 is 2.73 bits per heavy atom. The molecule has 2 N–H and O–H groups in total. The van der Waals surface area contributed by atoms with Crippen molar-refractivity contribution in [2.24, 2.45) is 11.8 Å². The fraction of sp³-hybridized carbons (Fsp3) is 0.531. The monoisotopic (exact) mass is 598 g/mol. The quantitative estimate of drug-likeness (QED) is 0.395. The van der Waals surface area contributed by atoms with Gasteiger partial charge in [-0.15, -0.1) is 0 Å². The van der Waals surface area contributed by atoms with Crippen molar-refractivity contribution >= 4 is 33.2 Å². The van der Waals surface area contributed by atoms with Crippen LogP contribution in [0.3, 0.4) is 0 Å². The second kappa shape index (κ2) is 10.6. The molecule has 41 heavy (non-hydrogen) atoms. The summed E-state index contributed by atoms with van der Waals surface area (Å²) in [7, 11) is -3.98. The van der Waals surface area contributed by atoms with Crippen LogP contribution in [0.2, 0.25) is 5.02 Å². The zero-order chi connectivity index (χ0) is 29.0. The van der Waals surface area contributed by atoms with Crippen LogP contribution in [0.4, 0.5) is 5.69 Å². The topological polar surface area (TPSA) is 95.9 Å². The number of rotatable bonds is 0. The number of fused-ring (bicyclic) bond motifs is 4. The van der Waals surface area contributed by atoms with Crippen molar-refractivity contribution in [3.8, 4) is 5.75 Å². The highest BCUT2D eigenvalue weighted by atomic mass is 35.5. The van der Waals surface area contributed by atoms with Gasteiger partial charge in [0, 0.05) is 29.1 Å². The Labute approximate surface area is 248 Å². The molecular formula is C32H39ClN2O5S. The first-order valence-electron chi connectivity index (χ1n) is 14.7. The first-order valence-corrected chi connectivity index (χ1v) is 16.5. The van der Waals surface area contributed by atoms with E-state index in [1.807, 2.05) is 18.2 Å². The number of hydrogen-bond donors (Lipinski definition) is 2. The molecule has 7 nitrogen and oxygen atoms in total. The number of amides is 1. The number of halogens is 1. The van der Waals surface area contributed by atoms with E-state index in [4.69, 9.17) is 16.3 Å². The van der Waals surface area contributed by atoms with E-state index in [-0.39, 0.29) is 23.3 Å². The number of aliphatic hydroxyl groups is 1. The molecule has 6 rings (SSSR count). The maximum absolute atomic E-state index is 13.3. The molecule has 2 heterocycles. The molecule has 2 aliphatic heterocycles. The maximum Gasteiger partial charge on any atom is 0.264 e. The van der Waals surface area contributed by atoms with E-state index in [9.17, 15) is 18.3 Å². The number of carbonyl (C=O) groups is 1. The molecule has 4 aliphatic rings. The third-order valence-electron chi connectivity index (χ3n) is 9.83. The minimum atomic E-state index is -3.98. The van der Waals surface area contributed by atoms with Crippen LogP contribution in [0.1, 0.15) is 73.9 Å². The summed E-state index contributed by atoms with van der Waals surface area (Å²) in [6.07, 6.45) is 8.87. The van der Waals surface area contributed by atoms with Gasteiger partial charge in [-0.25, -0.2) is 13.1 Å². The maximum atomic E-state index is 13.3. The molecule has 220 valence electrons. The lowest BCUT2D eigenvalue weighted by Crippen LogP contribution is -2.49. The highest BCUT2D eigenvalue weighted by Crippen LogP contribution is 2.47. The van der Waals surface area contributed by atoms with Gasteiger partial charge in [-0.2, -0.15) is 0 Å². The Balaban J connectivity index is 1.43. The van der Waals surface area contributed by atoms with Gasteiger partial charge in [0.15, 0.2) is 0 Å². The first-order chi connectivity index (χ1) is 19.5. The van der Waals surface area contributed by atoms with Gasteiger partial charge in [-0.1, -0.05) is 29.8 Å². The van der Waals surface area contributed by atoms with E-state index >= 15 is 0 Å². The summed E-state index contributed by atoms with van der Waals surface area (Å²) in [5, 5.41) is 11.8. The molecular weight excluding hydrogens is 560 g/mol. The Morgan fingerprint density at radius 2 is 1.95 bits per heavy atom. The summed E-state index contributed by atoms with van der Waals surface area (Å²) in [4.78, 5) is 15.7. The Kier molecular flexibility index (Phi) is 7.40. The smallest absolute Gasteiger partial charge is 0.264 e. The largest absolute Gasteiger partial charge is 0.490 e. The summed E-state index contributed by atoms with van der Waals surface area (Å²) in [5.41, 5.74) is 3.32. The number of sulfonamides is 1. The first kappa shape index (κ1) is 28.6. The Hall–Kier alpha value is -2.55. The van der Waals surface area contributed by atoms with Crippen molar-refractivity contribution in [1.29, 1.82) is 0 Å². The average Bonchev–Trinajstić information content (AvgIpc) is 3.05. The average molecular weight is 599 g/mol. The van der Waals surface area contributed by atoms with E-state index < -0.39 is 26.8 Å². The molecule has 4 atom stereocenters. The van der Waals surface area contributed by atoms with Crippen molar-refractivity contribution in [3.05, 3.63) is 70.3 Å². The van der Waals surface area contributed by atoms with Gasteiger partial charge < -0.3 is 14.7 Å². The lowest BCUT2D eigenvalue weighted by molar-refractivity contribution is 0.0177. The minimum Gasteiger partial charge on any atom is -0.490 e. The molecule has 2 aromatic rings. The standard InChI is InChI=1S/C32H39ClN2O5S/c1-31(2)14-4-3-7-28(36)25-11-8-23(25)18-35-19-32(15-5-6-21-16-24(33)10-12-26(21)32)20-40-29-13-9-22(17-27(29)35)30(37)34-41(31,38)39/h3-4,9-10,12-13,16-17,23,25,28,36H,5-8,11,14-15,18-20H2,1-2H3,(H,34,37)/b4-3-/t23-,25+,28-,32-/m0/s1. The number of aliphatic hydroxyl groups excluding tert-OH is 1. The number of nitrogens with zero attached hydrogens (tertiary/aromatic N) is 1. The van der Waals surface area contributed by atoms with Gasteiger partial charge in [0.05, 0.1) is 23.1 Å². The fourth-order valence-electron chi connectivity index (χ4n) is 7.07. The molecule has 1 saturated carbocycles. The van der Waals surface area contributed by atoms with Crippen LogP contribution in [-0.4, -0.2) is 50.0 Å². The van der Waals surface area contributed by atoms with Gasteiger partial charge in [0.2, 0.25) is 10.0 Å². The summed E-state index contributed by atoms with van der Waals surface area (Å²) in [5.74, 6) is 0.502. The minimum absolute atomic E-state index is 0.164. The molecule has 0 radical (unpaired) electrons. The number of carbonyl (C=O) groups excluding carboxylic acids is 1. The molecule has 9 heteroatoms. The molecule has 0 aromatic heterocycles. The van der Waals surface area contributed by atoms with Crippen molar-refractivity contribution in [2.45, 2.75) is 75.1 Å². The van der Waals surface area contributed by atoms with Crippen molar-refractivity contribution in [3.63, 3.8) is 0 Å². The van der Waals surface area contributed by atoms with Crippen LogP contribution in [-0.2, 0) is 21.9 Å². The molecule has 2 bridgehead atoms. The van der Waals surface area contributed by atoms with Gasteiger partial charge in [-0.05, 0) is 112 Å². The molecule has 2 aliphatic carbocycles. The highest BCUT2D eigenvalue weighted by Gasteiger charge is 2.44. The number of hydrogen-bond acceptors (Lipinski definition) is 6. The third kappa shape index (κ3) is 5.28. The van der Waals surface area contributed by atoms with Crippen LogP contribution in [0, 0.1) is 11.8 Å². The van der Waals surface area contributed by atoms with E-state index in [0.717, 1.165) is 49.4 Å². The molecule has 1 amide bonds. The number of aryl methyl sites for hydroxylation is 1. The zero-order valence-corrected chi connectivity index (χ0v) is 25.3. The van der Waals surface area contributed by atoms with E-state index in [2.05, 4.69) is 21.8 Å². The SMILES string of the molecule is CC1(C)C/C=C\C[C@H](O)[C@@H]2CC[C@H]2CN2C[C@@]3(CCCc4cc(Cl)ccc43)COc3ccc(cc32)C(=O)NS1(=O)=O. The van der Waals surface area contributed by atoms with E-state index in [1.165, 1.54) is 11.1 Å². The van der Waals surface area contributed by atoms with Crippen LogP contribution in [0.15, 0.2) is 48.6 Å². The summed E-state index contributed by atoms with van der Waals surface area (Å²) in [6.45, 7) is 5.14. The number of ether oxygens (including phenoxy) is 1. The lowest BCUT2D eigenvalue weighted by Gasteiger charge is -2.45. The molecule has 0 unspecified atom stereocenters. The summed E-state index contributed by atoms with van der Waals surface area (Å²) in [6, 6.07) is 11.4. The lowest BCUT2D eigenvalue weighted by atomic mass is 9.68. The zero-order valence-electron chi connectivity index (χ0n) is 23.7. The predicted octanol–water partition coefficient (Wildman–Crippen LogP) is 5.39. The Morgan fingerprint density at radius 1 is 1.12 bits per heavy atom. The van der Waals surface area contributed by atoms with Gasteiger partial charge in [0.25, 0.3) is 5.91 Å². The van der Waals surface area contributed by atoms with Gasteiger partial charge >= 0.3 is 0 Å². The number of nitrogens with one attached hydrogen (secondary N) is 1. The second-order valence-electron chi connectivity index (χ2n) is 13.0. The van der Waals surface area contributed by atoms with Crippen LogP contribution >= 0.6 is 11.6 Å². The molecule has 1 spiro atoms. The number of anilines is 1. The number of benzene rings is 2. The number of allylic oxidation sites excluding steroid dienone is 1. The van der Waals surface area contributed by atoms with Crippen LogP contribution in [0.5, 0.6) is 5.75 Å². The molecule has 1 fully saturated rings. The van der Waals surface area contributed by atoms with Gasteiger partial charge in [-0.3, -0.25) is 4.79 Å². The van der Waals surface area contributed by atoms with E-state index in [1.54, 1.807) is 32.0 Å². The third-order valence-corrected chi connectivity index (χ3v) is 12.1. The van der Waals surface area contributed by atoms with Crippen molar-refractivity contribution in [1.82, 2.24) is 4.72 Å². The second-order valence-corrected chi connectivity index (χ2v) is 15.7. The fourth-order valence-corrected chi connectivity index (χ4v) is 8.22. The van der Waals surface area contributed by atoms with E-state index in [0.29, 0.717) is 31.2 Å². The van der Waals surface area contributed by atoms with Crippen LogP contribution < -0.4 is 14.4 Å². The summed E-state index contributed by atoms with van der Waals surface area (Å²) >= 11 is 6.38. The normalized spacial score (nSPS) is 31.5. The predicted molar refractivity (Wildman–Crippen MR) is 161 cm³/mol. The van der Waals surface area contributed by atoms with Crippen molar-refractivity contribution < 1.29 is 23.1 Å². The van der Waals surface area contributed by atoms with Gasteiger partial charge in [0.1, 0.15) is 5.75 Å².